The van der Waals surface area contributed by atoms with E-state index in [0.717, 1.165) is 0 Å². The maximum absolute atomic E-state index is 11.8. The summed E-state index contributed by atoms with van der Waals surface area (Å²) in [6.45, 7) is 1.43. The van der Waals surface area contributed by atoms with Crippen LogP contribution in [0.25, 0.3) is 0 Å². The van der Waals surface area contributed by atoms with Crippen LogP contribution in [0.2, 0.25) is 5.02 Å². The number of carbonyl (C=O) groups is 1. The second kappa shape index (κ2) is 5.70. The molecule has 0 radical (unpaired) electrons. The molecule has 1 aromatic carbocycles. The van der Waals surface area contributed by atoms with Gasteiger partial charge in [-0.2, -0.15) is 0 Å². The van der Waals surface area contributed by atoms with Gasteiger partial charge in [-0.1, -0.05) is 11.6 Å². The lowest BCUT2D eigenvalue weighted by Gasteiger charge is -2.07. The first-order chi connectivity index (χ1) is 9.49. The van der Waals surface area contributed by atoms with E-state index in [0.29, 0.717) is 5.82 Å². The van der Waals surface area contributed by atoms with Crippen LogP contribution < -0.4 is 0 Å². The van der Waals surface area contributed by atoms with Gasteiger partial charge in [-0.3, -0.25) is 10.1 Å². The van der Waals surface area contributed by atoms with Crippen molar-refractivity contribution in [1.29, 1.82) is 0 Å². The van der Waals surface area contributed by atoms with Crippen LogP contribution in [-0.4, -0.2) is 20.6 Å². The molecule has 104 valence electrons. The Morgan fingerprint density at radius 3 is 2.90 bits per heavy atom. The first-order valence-corrected chi connectivity index (χ1v) is 5.96. The van der Waals surface area contributed by atoms with Crippen LogP contribution in [0.3, 0.4) is 0 Å². The fraction of sp³-hybridized carbons (Fsp3) is 0.167. The van der Waals surface area contributed by atoms with Crippen LogP contribution in [-0.2, 0) is 11.3 Å². The first kappa shape index (κ1) is 14.0. The molecule has 0 spiro atoms. The van der Waals surface area contributed by atoms with E-state index in [2.05, 4.69) is 4.98 Å². The van der Waals surface area contributed by atoms with Gasteiger partial charge < -0.3 is 4.74 Å². The fourth-order valence-corrected chi connectivity index (χ4v) is 1.78. The van der Waals surface area contributed by atoms with Gasteiger partial charge in [-0.15, -0.1) is 0 Å². The highest BCUT2D eigenvalue weighted by Gasteiger charge is 2.16. The summed E-state index contributed by atoms with van der Waals surface area (Å²) in [5, 5.41) is 11.1. The maximum Gasteiger partial charge on any atom is 0.419 e. The molecule has 1 aromatic heterocycles. The minimum absolute atomic E-state index is 0.187. The Labute approximate surface area is 118 Å². The number of carbonyl (C=O) groups excluding carboxylic acids is 1. The number of aromatic nitrogens is 2. The molecule has 0 N–H and O–H groups in total. The normalized spacial score (nSPS) is 10.3. The van der Waals surface area contributed by atoms with Crippen molar-refractivity contribution in [3.63, 3.8) is 0 Å². The van der Waals surface area contributed by atoms with Gasteiger partial charge in [0.15, 0.2) is 0 Å². The molecule has 0 saturated carbocycles. The van der Waals surface area contributed by atoms with E-state index in [-0.39, 0.29) is 22.9 Å². The van der Waals surface area contributed by atoms with Crippen LogP contribution in [0.5, 0.6) is 0 Å². The molecule has 0 saturated heterocycles. The zero-order chi connectivity index (χ0) is 14.7. The lowest BCUT2D eigenvalue weighted by Crippen LogP contribution is -2.14. The molecule has 0 aliphatic carbocycles. The molecular formula is C12H10ClN3O4. The summed E-state index contributed by atoms with van der Waals surface area (Å²) in [5.41, 5.74) is 0.0816. The summed E-state index contributed by atoms with van der Waals surface area (Å²) in [7, 11) is 0. The lowest BCUT2D eigenvalue weighted by molar-refractivity contribution is -0.385. The average molecular weight is 296 g/mol. The largest absolute Gasteiger partial charge is 0.444 e. The molecule has 0 unspecified atom stereocenters. The predicted octanol–water partition coefficient (Wildman–Crippen LogP) is 2.94. The Morgan fingerprint density at radius 2 is 2.30 bits per heavy atom. The van der Waals surface area contributed by atoms with E-state index in [1.165, 1.54) is 35.2 Å². The van der Waals surface area contributed by atoms with Gasteiger partial charge >= 0.3 is 6.09 Å². The molecule has 2 aromatic rings. The third kappa shape index (κ3) is 2.94. The molecule has 7 nitrogen and oxygen atoms in total. The Bertz CT molecular complexity index is 668. The third-order valence-electron chi connectivity index (χ3n) is 2.62. The number of nitro benzene ring substituents is 1. The van der Waals surface area contributed by atoms with Gasteiger partial charge in [0.05, 0.1) is 10.5 Å². The number of nitrogens with zero attached hydrogens (tertiary/aromatic N) is 3. The van der Waals surface area contributed by atoms with E-state index in [9.17, 15) is 14.9 Å². The molecule has 0 aliphatic rings. The van der Waals surface area contributed by atoms with Crippen LogP contribution in [0.15, 0.2) is 30.6 Å². The zero-order valence-electron chi connectivity index (χ0n) is 10.4. The number of hydrogen-bond donors (Lipinski definition) is 0. The zero-order valence-corrected chi connectivity index (χ0v) is 11.2. The van der Waals surface area contributed by atoms with E-state index in [4.69, 9.17) is 16.3 Å². The van der Waals surface area contributed by atoms with Gasteiger partial charge in [-0.25, -0.2) is 14.3 Å². The van der Waals surface area contributed by atoms with Gasteiger partial charge in [0, 0.05) is 23.5 Å². The number of hydrogen-bond acceptors (Lipinski definition) is 5. The van der Waals surface area contributed by atoms with Crippen LogP contribution >= 0.6 is 11.6 Å². The van der Waals surface area contributed by atoms with Crippen LogP contribution in [0.1, 0.15) is 11.4 Å². The average Bonchev–Trinajstić information content (AvgIpc) is 2.83. The van der Waals surface area contributed by atoms with Crippen molar-refractivity contribution in [3.05, 3.63) is 57.1 Å². The lowest BCUT2D eigenvalue weighted by atomic mass is 10.2. The minimum Gasteiger partial charge on any atom is -0.444 e. The SMILES string of the molecule is Cc1nccn1C(=O)OCc1ccc(Cl)cc1[N+](=O)[O-]. The number of benzene rings is 1. The summed E-state index contributed by atoms with van der Waals surface area (Å²) in [5.74, 6) is 0.473. The van der Waals surface area contributed by atoms with Gasteiger partial charge in [0.2, 0.25) is 0 Å². The van der Waals surface area contributed by atoms with Crippen molar-refractivity contribution in [2.45, 2.75) is 13.5 Å². The van der Waals surface area contributed by atoms with E-state index >= 15 is 0 Å². The highest BCUT2D eigenvalue weighted by atomic mass is 35.5. The molecule has 0 aliphatic heterocycles. The summed E-state index contributed by atoms with van der Waals surface area (Å²) in [6.07, 6.45) is 2.26. The maximum atomic E-state index is 11.8. The highest BCUT2D eigenvalue weighted by Crippen LogP contribution is 2.23. The number of ether oxygens (including phenoxy) is 1. The molecule has 0 atom stereocenters. The molecule has 20 heavy (non-hydrogen) atoms. The number of aryl methyl sites for hydroxylation is 1. The van der Waals surface area contributed by atoms with E-state index in [1.807, 2.05) is 0 Å². The van der Waals surface area contributed by atoms with Crippen molar-refractivity contribution >= 4 is 23.4 Å². The molecule has 0 amide bonds. The van der Waals surface area contributed by atoms with Crippen LogP contribution in [0, 0.1) is 17.0 Å². The summed E-state index contributed by atoms with van der Waals surface area (Å²) in [6, 6.07) is 4.17. The third-order valence-corrected chi connectivity index (χ3v) is 2.85. The number of rotatable bonds is 3. The van der Waals surface area contributed by atoms with Crippen LogP contribution in [0.4, 0.5) is 10.5 Å². The molecule has 1 heterocycles. The molecule has 0 fully saturated rings. The molecule has 0 bridgehead atoms. The molecule has 8 heteroatoms. The Kier molecular flexibility index (Phi) is 3.99. The van der Waals surface area contributed by atoms with E-state index in [1.54, 1.807) is 6.92 Å². The Balaban J connectivity index is 2.14. The van der Waals surface area contributed by atoms with E-state index < -0.39 is 11.0 Å². The number of nitro groups is 1. The number of imidazole rings is 1. The Hall–Kier alpha value is -2.41. The second-order valence-corrected chi connectivity index (χ2v) is 4.37. The van der Waals surface area contributed by atoms with Crippen molar-refractivity contribution in [1.82, 2.24) is 9.55 Å². The first-order valence-electron chi connectivity index (χ1n) is 5.59. The highest BCUT2D eigenvalue weighted by molar-refractivity contribution is 6.30. The Morgan fingerprint density at radius 1 is 1.55 bits per heavy atom. The second-order valence-electron chi connectivity index (χ2n) is 3.93. The standard InChI is InChI=1S/C12H10ClN3O4/c1-8-14-4-5-15(8)12(17)20-7-9-2-3-10(13)6-11(9)16(18)19/h2-6H,7H2,1H3. The van der Waals surface area contributed by atoms with Crippen molar-refractivity contribution in [2.75, 3.05) is 0 Å². The quantitative estimate of drug-likeness (QED) is 0.641. The summed E-state index contributed by atoms with van der Waals surface area (Å²) in [4.78, 5) is 26.0. The van der Waals surface area contributed by atoms with Gasteiger partial charge in [-0.05, 0) is 19.1 Å². The summed E-state index contributed by atoms with van der Waals surface area (Å²) >= 11 is 5.70. The summed E-state index contributed by atoms with van der Waals surface area (Å²) < 4.78 is 6.23. The minimum atomic E-state index is -0.649. The van der Waals surface area contributed by atoms with Crippen molar-refractivity contribution in [2.24, 2.45) is 0 Å². The van der Waals surface area contributed by atoms with Gasteiger partial charge in [0.25, 0.3) is 5.69 Å². The monoisotopic (exact) mass is 295 g/mol. The topological polar surface area (TPSA) is 87.3 Å². The van der Waals surface area contributed by atoms with Crippen molar-refractivity contribution < 1.29 is 14.5 Å². The predicted molar refractivity (Wildman–Crippen MR) is 70.7 cm³/mol. The fourth-order valence-electron chi connectivity index (χ4n) is 1.61. The smallest absolute Gasteiger partial charge is 0.419 e. The number of halogens is 1. The molecular weight excluding hydrogens is 286 g/mol. The van der Waals surface area contributed by atoms with Crippen molar-refractivity contribution in [3.8, 4) is 0 Å². The molecule has 2 rings (SSSR count). The van der Waals surface area contributed by atoms with Gasteiger partial charge in [0.1, 0.15) is 12.4 Å².